The van der Waals surface area contributed by atoms with Gasteiger partial charge in [-0.05, 0) is 42.3 Å². The normalized spacial score (nSPS) is 10.4. The first-order chi connectivity index (χ1) is 8.60. The van der Waals surface area contributed by atoms with Crippen molar-refractivity contribution in [2.45, 2.75) is 13.5 Å². The number of ether oxygens (including phenoxy) is 1. The van der Waals surface area contributed by atoms with E-state index >= 15 is 0 Å². The molecule has 0 fully saturated rings. The quantitative estimate of drug-likeness (QED) is 0.926. The number of aliphatic hydroxyl groups excluding tert-OH is 1. The summed E-state index contributed by atoms with van der Waals surface area (Å²) >= 11 is 5.97. The van der Waals surface area contributed by atoms with E-state index in [1.54, 1.807) is 13.0 Å². The van der Waals surface area contributed by atoms with Gasteiger partial charge in [-0.1, -0.05) is 11.6 Å². The van der Waals surface area contributed by atoms with Crippen molar-refractivity contribution >= 4 is 11.6 Å². The zero-order valence-electron chi connectivity index (χ0n) is 9.65. The second kappa shape index (κ2) is 5.33. The van der Waals surface area contributed by atoms with E-state index in [1.807, 2.05) is 0 Å². The third-order valence-electron chi connectivity index (χ3n) is 2.39. The molecule has 0 atom stereocenters. The van der Waals surface area contributed by atoms with Gasteiger partial charge in [0, 0.05) is 6.20 Å². The Morgan fingerprint density at radius 3 is 2.78 bits per heavy atom. The number of aliphatic hydroxyl groups is 1. The number of pyridine rings is 1. The summed E-state index contributed by atoms with van der Waals surface area (Å²) in [7, 11) is 0. The Kier molecular flexibility index (Phi) is 3.79. The molecule has 0 saturated heterocycles. The SMILES string of the molecule is Cc1cc(F)ccc1Oc1ncc(CO)cc1Cl. The van der Waals surface area contributed by atoms with Gasteiger partial charge in [-0.25, -0.2) is 9.37 Å². The topological polar surface area (TPSA) is 42.4 Å². The molecule has 0 spiro atoms. The van der Waals surface area contributed by atoms with Crippen molar-refractivity contribution in [1.29, 1.82) is 0 Å². The van der Waals surface area contributed by atoms with Gasteiger partial charge in [-0.3, -0.25) is 0 Å². The number of benzene rings is 1. The lowest BCUT2D eigenvalue weighted by Gasteiger charge is -2.09. The molecule has 0 saturated carbocycles. The van der Waals surface area contributed by atoms with Crippen molar-refractivity contribution in [2.24, 2.45) is 0 Å². The largest absolute Gasteiger partial charge is 0.437 e. The van der Waals surface area contributed by atoms with Gasteiger partial charge in [0.05, 0.1) is 6.61 Å². The van der Waals surface area contributed by atoms with Gasteiger partial charge in [0.25, 0.3) is 0 Å². The van der Waals surface area contributed by atoms with Crippen molar-refractivity contribution in [1.82, 2.24) is 4.98 Å². The number of nitrogens with zero attached hydrogens (tertiary/aromatic N) is 1. The van der Waals surface area contributed by atoms with E-state index < -0.39 is 0 Å². The van der Waals surface area contributed by atoms with Crippen LogP contribution < -0.4 is 4.74 Å². The molecule has 18 heavy (non-hydrogen) atoms. The molecule has 0 aliphatic rings. The maximum absolute atomic E-state index is 12.9. The Bertz CT molecular complexity index is 575. The lowest BCUT2D eigenvalue weighted by molar-refractivity contribution is 0.281. The monoisotopic (exact) mass is 267 g/mol. The van der Waals surface area contributed by atoms with Crippen LogP contribution in [0.2, 0.25) is 5.02 Å². The van der Waals surface area contributed by atoms with Crippen molar-refractivity contribution in [2.75, 3.05) is 0 Å². The Labute approximate surface area is 109 Å². The Hall–Kier alpha value is -1.65. The number of aromatic nitrogens is 1. The van der Waals surface area contributed by atoms with E-state index in [-0.39, 0.29) is 18.3 Å². The molecule has 1 aromatic heterocycles. The lowest BCUT2D eigenvalue weighted by atomic mass is 10.2. The van der Waals surface area contributed by atoms with Crippen LogP contribution in [-0.4, -0.2) is 10.1 Å². The third kappa shape index (κ3) is 2.78. The first-order valence-electron chi connectivity index (χ1n) is 5.29. The maximum Gasteiger partial charge on any atom is 0.238 e. The number of aryl methyl sites for hydroxylation is 1. The predicted octanol–water partition coefficient (Wildman–Crippen LogP) is 3.47. The molecule has 1 N–H and O–H groups in total. The standard InChI is InChI=1S/C13H11ClFNO2/c1-8-4-10(15)2-3-12(8)18-13-11(14)5-9(7-17)6-16-13/h2-6,17H,7H2,1H3. The Morgan fingerprint density at radius 2 is 2.17 bits per heavy atom. The molecule has 1 aromatic carbocycles. The average molecular weight is 268 g/mol. The van der Waals surface area contributed by atoms with Gasteiger partial charge in [0.15, 0.2) is 0 Å². The highest BCUT2D eigenvalue weighted by molar-refractivity contribution is 6.31. The van der Waals surface area contributed by atoms with E-state index in [2.05, 4.69) is 4.98 Å². The summed E-state index contributed by atoms with van der Waals surface area (Å²) in [4.78, 5) is 4.00. The molecule has 0 radical (unpaired) electrons. The van der Waals surface area contributed by atoms with Crippen molar-refractivity contribution < 1.29 is 14.2 Å². The second-order valence-corrected chi connectivity index (χ2v) is 4.21. The summed E-state index contributed by atoms with van der Waals surface area (Å²) in [5, 5.41) is 9.23. The van der Waals surface area contributed by atoms with E-state index in [1.165, 1.54) is 24.4 Å². The number of hydrogen-bond acceptors (Lipinski definition) is 3. The van der Waals surface area contributed by atoms with Crippen molar-refractivity contribution in [3.8, 4) is 11.6 Å². The minimum absolute atomic E-state index is 0.136. The summed E-state index contributed by atoms with van der Waals surface area (Å²) in [5.74, 6) is 0.389. The van der Waals surface area contributed by atoms with Crippen LogP contribution in [0, 0.1) is 12.7 Å². The molecule has 3 nitrogen and oxygen atoms in total. The molecule has 0 unspecified atom stereocenters. The Morgan fingerprint density at radius 1 is 1.39 bits per heavy atom. The van der Waals surface area contributed by atoms with Crippen LogP contribution in [-0.2, 0) is 6.61 Å². The van der Waals surface area contributed by atoms with Crippen LogP contribution in [0.1, 0.15) is 11.1 Å². The van der Waals surface area contributed by atoms with Gasteiger partial charge >= 0.3 is 0 Å². The zero-order chi connectivity index (χ0) is 13.1. The molecular formula is C13H11ClFNO2. The third-order valence-corrected chi connectivity index (χ3v) is 2.66. The number of rotatable bonds is 3. The van der Waals surface area contributed by atoms with Crippen LogP contribution in [0.3, 0.4) is 0 Å². The second-order valence-electron chi connectivity index (χ2n) is 3.80. The summed E-state index contributed by atoms with van der Waals surface area (Å²) in [6, 6.07) is 5.76. The van der Waals surface area contributed by atoms with Gasteiger partial charge in [-0.15, -0.1) is 0 Å². The van der Waals surface area contributed by atoms with Crippen LogP contribution in [0.25, 0.3) is 0 Å². The highest BCUT2D eigenvalue weighted by atomic mass is 35.5. The van der Waals surface area contributed by atoms with E-state index in [0.717, 1.165) is 0 Å². The first-order valence-corrected chi connectivity index (χ1v) is 5.67. The molecule has 0 aliphatic carbocycles. The van der Waals surface area contributed by atoms with Crippen molar-refractivity contribution in [3.05, 3.63) is 52.4 Å². The summed E-state index contributed by atoms with van der Waals surface area (Å²) < 4.78 is 18.4. The molecular weight excluding hydrogens is 257 g/mol. The molecule has 0 amide bonds. The fourth-order valence-corrected chi connectivity index (χ4v) is 1.69. The molecule has 5 heteroatoms. The summed E-state index contributed by atoms with van der Waals surface area (Å²) in [6.07, 6.45) is 1.47. The van der Waals surface area contributed by atoms with E-state index in [9.17, 15) is 4.39 Å². The van der Waals surface area contributed by atoms with Crippen LogP contribution in [0.5, 0.6) is 11.6 Å². The number of halogens is 2. The van der Waals surface area contributed by atoms with Gasteiger partial charge < -0.3 is 9.84 Å². The fourth-order valence-electron chi connectivity index (χ4n) is 1.46. The van der Waals surface area contributed by atoms with E-state index in [0.29, 0.717) is 21.9 Å². The minimum Gasteiger partial charge on any atom is -0.437 e. The summed E-state index contributed by atoms with van der Waals surface area (Å²) in [5.41, 5.74) is 1.25. The minimum atomic E-state index is -0.325. The van der Waals surface area contributed by atoms with Crippen LogP contribution in [0.4, 0.5) is 4.39 Å². The molecule has 1 heterocycles. The smallest absolute Gasteiger partial charge is 0.238 e. The Balaban J connectivity index is 2.28. The molecule has 2 aromatic rings. The van der Waals surface area contributed by atoms with Crippen molar-refractivity contribution in [3.63, 3.8) is 0 Å². The van der Waals surface area contributed by atoms with Gasteiger partial charge in [0.1, 0.15) is 16.6 Å². The molecule has 94 valence electrons. The molecule has 0 aliphatic heterocycles. The first kappa shape index (κ1) is 12.8. The average Bonchev–Trinajstić information content (AvgIpc) is 2.34. The van der Waals surface area contributed by atoms with Crippen LogP contribution >= 0.6 is 11.6 Å². The predicted molar refractivity (Wildman–Crippen MR) is 66.4 cm³/mol. The lowest BCUT2D eigenvalue weighted by Crippen LogP contribution is -1.94. The maximum atomic E-state index is 12.9. The van der Waals surface area contributed by atoms with Gasteiger partial charge in [0.2, 0.25) is 5.88 Å². The van der Waals surface area contributed by atoms with E-state index in [4.69, 9.17) is 21.4 Å². The highest BCUT2D eigenvalue weighted by Gasteiger charge is 2.08. The zero-order valence-corrected chi connectivity index (χ0v) is 10.4. The molecule has 2 rings (SSSR count). The fraction of sp³-hybridized carbons (Fsp3) is 0.154. The highest BCUT2D eigenvalue weighted by Crippen LogP contribution is 2.29. The van der Waals surface area contributed by atoms with Gasteiger partial charge in [-0.2, -0.15) is 0 Å². The summed E-state index contributed by atoms with van der Waals surface area (Å²) in [6.45, 7) is 1.59. The molecule has 0 bridgehead atoms. The number of hydrogen-bond donors (Lipinski definition) is 1. The van der Waals surface area contributed by atoms with Crippen LogP contribution in [0.15, 0.2) is 30.5 Å².